The maximum atomic E-state index is 12.2. The molecular weight excluding hydrogens is 272 g/mol. The van der Waals surface area contributed by atoms with Gasteiger partial charge in [-0.3, -0.25) is 13.9 Å². The van der Waals surface area contributed by atoms with Gasteiger partial charge >= 0.3 is 5.69 Å². The van der Waals surface area contributed by atoms with Crippen LogP contribution in [0.3, 0.4) is 0 Å². The van der Waals surface area contributed by atoms with E-state index in [2.05, 4.69) is 14.9 Å². The number of aromatic amines is 1. The molecule has 3 heterocycles. The zero-order valence-corrected chi connectivity index (χ0v) is 12.3. The Hall–Kier alpha value is -2.09. The lowest BCUT2D eigenvalue weighted by atomic mass is 10.0. The van der Waals surface area contributed by atoms with Gasteiger partial charge in [-0.2, -0.15) is 4.98 Å². The molecule has 3 rings (SSSR count). The summed E-state index contributed by atoms with van der Waals surface area (Å²) < 4.78 is 2.47. The zero-order chi connectivity index (χ0) is 15.1. The average molecular weight is 292 g/mol. The highest BCUT2D eigenvalue weighted by Gasteiger charge is 2.25. The summed E-state index contributed by atoms with van der Waals surface area (Å²) in [4.78, 5) is 33.8. The number of nitrogens with one attached hydrogen (secondary N) is 1. The molecule has 8 heteroatoms. The summed E-state index contributed by atoms with van der Waals surface area (Å²) in [6, 6.07) is 0.222. The fourth-order valence-corrected chi connectivity index (χ4v) is 2.97. The standard InChI is InChI=1S/C13H20N6O2/c1-17-10-9(11(20)18(2)13(17)21)15-12(16-10)19-6-4-3-5-8(19)7-14/h8H,3-7,14H2,1-2H3,(H,15,16). The summed E-state index contributed by atoms with van der Waals surface area (Å²) in [5.74, 6) is 0.624. The normalized spacial score (nSPS) is 19.4. The van der Waals surface area contributed by atoms with Crippen LogP contribution in [0.25, 0.3) is 11.2 Å². The number of nitrogens with zero attached hydrogens (tertiary/aromatic N) is 4. The number of nitrogens with two attached hydrogens (primary N) is 1. The van der Waals surface area contributed by atoms with Crippen LogP contribution in [0.15, 0.2) is 9.59 Å². The van der Waals surface area contributed by atoms with Gasteiger partial charge in [-0.25, -0.2) is 4.79 Å². The van der Waals surface area contributed by atoms with Crippen LogP contribution in [0.4, 0.5) is 5.95 Å². The predicted octanol–water partition coefficient (Wildman–Crippen LogP) is -0.722. The Morgan fingerprint density at radius 1 is 1.29 bits per heavy atom. The molecular formula is C13H20N6O2. The number of imidazole rings is 1. The molecule has 1 aliphatic heterocycles. The van der Waals surface area contributed by atoms with Crippen molar-refractivity contribution in [2.45, 2.75) is 25.3 Å². The lowest BCUT2D eigenvalue weighted by Crippen LogP contribution is -2.44. The molecule has 1 unspecified atom stereocenters. The van der Waals surface area contributed by atoms with E-state index >= 15 is 0 Å². The summed E-state index contributed by atoms with van der Waals surface area (Å²) in [5.41, 5.74) is 5.85. The van der Waals surface area contributed by atoms with Gasteiger partial charge in [-0.1, -0.05) is 0 Å². The van der Waals surface area contributed by atoms with E-state index in [4.69, 9.17) is 5.73 Å². The van der Waals surface area contributed by atoms with Gasteiger partial charge in [0.05, 0.1) is 0 Å². The first kappa shape index (κ1) is 13.9. The molecule has 1 saturated heterocycles. The maximum Gasteiger partial charge on any atom is 0.332 e. The second-order valence-corrected chi connectivity index (χ2v) is 5.54. The molecule has 0 spiro atoms. The van der Waals surface area contributed by atoms with Crippen molar-refractivity contribution in [3.63, 3.8) is 0 Å². The van der Waals surface area contributed by atoms with E-state index in [0.717, 1.165) is 30.4 Å². The number of anilines is 1. The quantitative estimate of drug-likeness (QED) is 0.760. The van der Waals surface area contributed by atoms with Gasteiger partial charge in [0.15, 0.2) is 11.2 Å². The van der Waals surface area contributed by atoms with Gasteiger partial charge < -0.3 is 15.6 Å². The van der Waals surface area contributed by atoms with Crippen molar-refractivity contribution >= 4 is 17.1 Å². The van der Waals surface area contributed by atoms with Gasteiger partial charge in [0.25, 0.3) is 5.56 Å². The summed E-state index contributed by atoms with van der Waals surface area (Å²) in [7, 11) is 3.08. The van der Waals surface area contributed by atoms with Crippen LogP contribution < -0.4 is 21.9 Å². The molecule has 0 radical (unpaired) electrons. The third-order valence-corrected chi connectivity index (χ3v) is 4.25. The Kier molecular flexibility index (Phi) is 3.32. The molecule has 114 valence electrons. The van der Waals surface area contributed by atoms with Crippen LogP contribution in [0.2, 0.25) is 0 Å². The largest absolute Gasteiger partial charge is 0.338 e. The minimum Gasteiger partial charge on any atom is -0.338 e. The van der Waals surface area contributed by atoms with E-state index in [1.807, 2.05) is 0 Å². The van der Waals surface area contributed by atoms with Gasteiger partial charge in [0, 0.05) is 33.2 Å². The molecule has 0 aromatic carbocycles. The zero-order valence-electron chi connectivity index (χ0n) is 12.3. The monoisotopic (exact) mass is 292 g/mol. The summed E-state index contributed by atoms with van der Waals surface area (Å²) >= 11 is 0. The second-order valence-electron chi connectivity index (χ2n) is 5.54. The highest BCUT2D eigenvalue weighted by Crippen LogP contribution is 2.22. The molecule has 0 amide bonds. The smallest absolute Gasteiger partial charge is 0.332 e. The minimum atomic E-state index is -0.375. The van der Waals surface area contributed by atoms with E-state index in [1.54, 1.807) is 7.05 Å². The number of hydrogen-bond donors (Lipinski definition) is 2. The van der Waals surface area contributed by atoms with Crippen LogP contribution in [-0.2, 0) is 14.1 Å². The van der Waals surface area contributed by atoms with Crippen LogP contribution in [-0.4, -0.2) is 38.2 Å². The van der Waals surface area contributed by atoms with Crippen molar-refractivity contribution < 1.29 is 0 Å². The van der Waals surface area contributed by atoms with Crippen molar-refractivity contribution in [2.75, 3.05) is 18.0 Å². The minimum absolute atomic E-state index is 0.222. The average Bonchev–Trinajstić information content (AvgIpc) is 2.96. The SMILES string of the molecule is Cn1c(=O)c2[nH]c(N3CCCCC3CN)nc2n(C)c1=O. The fraction of sp³-hybridized carbons (Fsp3) is 0.615. The third kappa shape index (κ3) is 2.06. The molecule has 1 fully saturated rings. The number of rotatable bonds is 2. The lowest BCUT2D eigenvalue weighted by molar-refractivity contribution is 0.459. The predicted molar refractivity (Wildman–Crippen MR) is 80.6 cm³/mol. The van der Waals surface area contributed by atoms with Crippen LogP contribution in [0, 0.1) is 0 Å². The molecule has 0 saturated carbocycles. The molecule has 0 bridgehead atoms. The maximum absolute atomic E-state index is 12.2. The molecule has 2 aromatic rings. The Morgan fingerprint density at radius 2 is 2.05 bits per heavy atom. The highest BCUT2D eigenvalue weighted by molar-refractivity contribution is 5.73. The van der Waals surface area contributed by atoms with Crippen LogP contribution >= 0.6 is 0 Å². The molecule has 21 heavy (non-hydrogen) atoms. The Balaban J connectivity index is 2.17. The number of aryl methyl sites for hydroxylation is 1. The first-order valence-electron chi connectivity index (χ1n) is 7.17. The number of piperidine rings is 1. The van der Waals surface area contributed by atoms with Crippen molar-refractivity contribution in [1.29, 1.82) is 0 Å². The van der Waals surface area contributed by atoms with Crippen molar-refractivity contribution in [2.24, 2.45) is 19.8 Å². The second kappa shape index (κ2) is 5.03. The van der Waals surface area contributed by atoms with E-state index in [0.29, 0.717) is 23.7 Å². The highest BCUT2D eigenvalue weighted by atomic mass is 16.2. The van der Waals surface area contributed by atoms with Crippen LogP contribution in [0.1, 0.15) is 19.3 Å². The van der Waals surface area contributed by atoms with E-state index in [9.17, 15) is 9.59 Å². The molecule has 1 aliphatic rings. The first-order chi connectivity index (χ1) is 10.0. The lowest BCUT2D eigenvalue weighted by Gasteiger charge is -2.34. The van der Waals surface area contributed by atoms with E-state index in [-0.39, 0.29) is 17.3 Å². The van der Waals surface area contributed by atoms with Crippen LogP contribution in [0.5, 0.6) is 0 Å². The summed E-state index contributed by atoms with van der Waals surface area (Å²) in [6.45, 7) is 1.41. The van der Waals surface area contributed by atoms with E-state index in [1.165, 1.54) is 11.6 Å². The van der Waals surface area contributed by atoms with Gasteiger partial charge in [-0.05, 0) is 19.3 Å². The number of aromatic nitrogens is 4. The number of hydrogen-bond acceptors (Lipinski definition) is 5. The van der Waals surface area contributed by atoms with Gasteiger partial charge in [0.2, 0.25) is 5.95 Å². The molecule has 3 N–H and O–H groups in total. The number of H-pyrrole nitrogens is 1. The van der Waals surface area contributed by atoms with Crippen molar-refractivity contribution in [3.05, 3.63) is 20.8 Å². The molecule has 1 atom stereocenters. The summed E-state index contributed by atoms with van der Waals surface area (Å²) in [6.07, 6.45) is 3.24. The molecule has 2 aromatic heterocycles. The summed E-state index contributed by atoms with van der Waals surface area (Å²) in [5, 5.41) is 0. The Labute approximate surface area is 121 Å². The fourth-order valence-electron chi connectivity index (χ4n) is 2.97. The molecule has 8 nitrogen and oxygen atoms in total. The Morgan fingerprint density at radius 3 is 2.76 bits per heavy atom. The van der Waals surface area contributed by atoms with Crippen molar-refractivity contribution in [3.8, 4) is 0 Å². The number of fused-ring (bicyclic) bond motifs is 1. The van der Waals surface area contributed by atoms with Crippen molar-refractivity contribution in [1.82, 2.24) is 19.1 Å². The van der Waals surface area contributed by atoms with E-state index < -0.39 is 0 Å². The molecule has 0 aliphatic carbocycles. The topological polar surface area (TPSA) is 102 Å². The first-order valence-corrected chi connectivity index (χ1v) is 7.17. The van der Waals surface area contributed by atoms with Gasteiger partial charge in [-0.15, -0.1) is 0 Å². The Bertz CT molecular complexity index is 786. The third-order valence-electron chi connectivity index (χ3n) is 4.25. The van der Waals surface area contributed by atoms with Gasteiger partial charge in [0.1, 0.15) is 0 Å².